The summed E-state index contributed by atoms with van der Waals surface area (Å²) in [6.45, 7) is 3.46. The summed E-state index contributed by atoms with van der Waals surface area (Å²) in [6.07, 6.45) is 4.54. The summed E-state index contributed by atoms with van der Waals surface area (Å²) < 4.78 is 0. The first kappa shape index (κ1) is 9.77. The number of likely N-dealkylation sites (tertiary alicyclic amines) is 2. The second kappa shape index (κ2) is 4.17. The molecule has 0 radical (unpaired) electrons. The molecule has 0 aromatic heterocycles. The van der Waals surface area contributed by atoms with Gasteiger partial charge in [0.1, 0.15) is 0 Å². The average Bonchev–Trinajstić information content (AvgIpc) is 2.65. The first-order chi connectivity index (χ1) is 6.77. The smallest absolute Gasteiger partial charge is 0.320 e. The number of carbonyl (C=O) groups is 1. The summed E-state index contributed by atoms with van der Waals surface area (Å²) in [4.78, 5) is 15.8. The van der Waals surface area contributed by atoms with Crippen molar-refractivity contribution in [3.63, 3.8) is 0 Å². The Bertz CT molecular complexity index is 207. The normalized spacial score (nSPS) is 28.2. The molecule has 4 nitrogen and oxygen atoms in total. The molecule has 0 spiro atoms. The van der Waals surface area contributed by atoms with E-state index in [-0.39, 0.29) is 12.1 Å². The highest BCUT2D eigenvalue weighted by Gasteiger charge is 2.27. The predicted molar refractivity (Wildman–Crippen MR) is 55.0 cm³/mol. The van der Waals surface area contributed by atoms with E-state index >= 15 is 0 Å². The van der Waals surface area contributed by atoms with Gasteiger partial charge in [-0.15, -0.1) is 0 Å². The van der Waals surface area contributed by atoms with Gasteiger partial charge in [-0.25, -0.2) is 4.79 Å². The number of hydrogen-bond acceptors (Lipinski definition) is 2. The van der Waals surface area contributed by atoms with Crippen LogP contribution < -0.4 is 5.73 Å². The largest absolute Gasteiger partial charge is 0.326 e. The zero-order valence-electron chi connectivity index (χ0n) is 8.61. The van der Waals surface area contributed by atoms with Gasteiger partial charge in [0.2, 0.25) is 0 Å². The standard InChI is InChI=1S/C10H19N3O/c11-9-4-7-13(8-9)10(14)12-5-2-1-3-6-12/h9H,1-8,11H2/t9-/m1/s1. The molecule has 0 aromatic rings. The lowest BCUT2D eigenvalue weighted by Gasteiger charge is -2.30. The number of piperidine rings is 1. The number of nitrogens with two attached hydrogens (primary N) is 1. The van der Waals surface area contributed by atoms with Crippen LogP contribution in [-0.2, 0) is 0 Å². The maximum atomic E-state index is 11.9. The molecule has 0 saturated carbocycles. The number of urea groups is 1. The lowest BCUT2D eigenvalue weighted by molar-refractivity contribution is 0.152. The van der Waals surface area contributed by atoms with Crippen molar-refractivity contribution in [2.24, 2.45) is 5.73 Å². The van der Waals surface area contributed by atoms with Crippen LogP contribution in [0.2, 0.25) is 0 Å². The van der Waals surface area contributed by atoms with E-state index in [1.54, 1.807) is 0 Å². The number of nitrogens with zero attached hydrogens (tertiary/aromatic N) is 2. The third-order valence-electron chi connectivity index (χ3n) is 3.12. The van der Waals surface area contributed by atoms with E-state index in [1.165, 1.54) is 6.42 Å². The molecule has 14 heavy (non-hydrogen) atoms. The Morgan fingerprint density at radius 3 is 2.36 bits per heavy atom. The number of rotatable bonds is 0. The minimum Gasteiger partial charge on any atom is -0.326 e. The van der Waals surface area contributed by atoms with Crippen molar-refractivity contribution < 1.29 is 4.79 Å². The molecule has 2 saturated heterocycles. The lowest BCUT2D eigenvalue weighted by atomic mass is 10.1. The molecule has 2 heterocycles. The molecule has 80 valence electrons. The molecule has 4 heteroatoms. The minimum absolute atomic E-state index is 0.198. The van der Waals surface area contributed by atoms with Crippen molar-refractivity contribution in [1.29, 1.82) is 0 Å². The lowest BCUT2D eigenvalue weighted by Crippen LogP contribution is -2.45. The molecule has 2 rings (SSSR count). The van der Waals surface area contributed by atoms with E-state index in [0.29, 0.717) is 0 Å². The molecule has 0 bridgehead atoms. The topological polar surface area (TPSA) is 49.6 Å². The summed E-state index contributed by atoms with van der Waals surface area (Å²) in [6, 6.07) is 0.404. The van der Waals surface area contributed by atoms with Gasteiger partial charge in [-0.1, -0.05) is 0 Å². The van der Waals surface area contributed by atoms with Crippen LogP contribution in [0.15, 0.2) is 0 Å². The average molecular weight is 197 g/mol. The van der Waals surface area contributed by atoms with Gasteiger partial charge >= 0.3 is 6.03 Å². The molecule has 2 aliphatic rings. The van der Waals surface area contributed by atoms with Crippen LogP contribution in [0.1, 0.15) is 25.7 Å². The van der Waals surface area contributed by atoms with E-state index in [4.69, 9.17) is 5.73 Å². The van der Waals surface area contributed by atoms with Gasteiger partial charge in [-0.05, 0) is 25.7 Å². The van der Waals surface area contributed by atoms with Gasteiger partial charge in [0.25, 0.3) is 0 Å². The Kier molecular flexibility index (Phi) is 2.91. The monoisotopic (exact) mass is 197 g/mol. The fraction of sp³-hybridized carbons (Fsp3) is 0.900. The number of amides is 2. The van der Waals surface area contributed by atoms with Crippen molar-refractivity contribution in [2.45, 2.75) is 31.7 Å². The number of carbonyl (C=O) groups excluding carboxylic acids is 1. The van der Waals surface area contributed by atoms with Crippen molar-refractivity contribution in [3.05, 3.63) is 0 Å². The molecule has 0 aliphatic carbocycles. The maximum absolute atomic E-state index is 11.9. The van der Waals surface area contributed by atoms with Gasteiger partial charge in [0.05, 0.1) is 0 Å². The van der Waals surface area contributed by atoms with Crippen LogP contribution >= 0.6 is 0 Å². The van der Waals surface area contributed by atoms with Crippen LogP contribution in [0, 0.1) is 0 Å². The van der Waals surface area contributed by atoms with Crippen LogP contribution in [0.4, 0.5) is 4.79 Å². The molecule has 2 fully saturated rings. The van der Waals surface area contributed by atoms with Crippen LogP contribution in [0.25, 0.3) is 0 Å². The molecular weight excluding hydrogens is 178 g/mol. The Balaban J connectivity index is 1.87. The highest BCUT2D eigenvalue weighted by Crippen LogP contribution is 2.14. The summed E-state index contributed by atoms with van der Waals surface area (Å²) in [7, 11) is 0. The Hall–Kier alpha value is -0.770. The van der Waals surface area contributed by atoms with Gasteiger partial charge in [0.15, 0.2) is 0 Å². The maximum Gasteiger partial charge on any atom is 0.320 e. The summed E-state index contributed by atoms with van der Waals surface area (Å²) >= 11 is 0. The SMILES string of the molecule is N[C@@H]1CCN(C(=O)N2CCCCC2)C1. The zero-order valence-corrected chi connectivity index (χ0v) is 8.61. The Labute approximate surface area is 85.0 Å². The van der Waals surface area contributed by atoms with Gasteiger partial charge < -0.3 is 15.5 Å². The first-order valence-corrected chi connectivity index (χ1v) is 5.57. The third kappa shape index (κ3) is 2.00. The van der Waals surface area contributed by atoms with E-state index < -0.39 is 0 Å². The summed E-state index contributed by atoms with van der Waals surface area (Å²) in [5, 5.41) is 0. The molecular formula is C10H19N3O. The van der Waals surface area contributed by atoms with Crippen molar-refractivity contribution in [2.75, 3.05) is 26.2 Å². The third-order valence-corrected chi connectivity index (χ3v) is 3.12. The van der Waals surface area contributed by atoms with E-state index in [2.05, 4.69) is 0 Å². The fourth-order valence-electron chi connectivity index (χ4n) is 2.25. The van der Waals surface area contributed by atoms with Gasteiger partial charge in [-0.2, -0.15) is 0 Å². The fourth-order valence-corrected chi connectivity index (χ4v) is 2.25. The predicted octanol–water partition coefficient (Wildman–Crippen LogP) is 0.625. The van der Waals surface area contributed by atoms with Crippen LogP contribution in [0.5, 0.6) is 0 Å². The van der Waals surface area contributed by atoms with Gasteiger partial charge in [0, 0.05) is 32.2 Å². The quantitative estimate of drug-likeness (QED) is 0.619. The van der Waals surface area contributed by atoms with Crippen LogP contribution in [-0.4, -0.2) is 48.1 Å². The summed E-state index contributed by atoms with van der Waals surface area (Å²) in [5.74, 6) is 0. The van der Waals surface area contributed by atoms with Gasteiger partial charge in [-0.3, -0.25) is 0 Å². The summed E-state index contributed by atoms with van der Waals surface area (Å²) in [5.41, 5.74) is 5.78. The highest BCUT2D eigenvalue weighted by molar-refractivity contribution is 5.74. The van der Waals surface area contributed by atoms with E-state index in [0.717, 1.165) is 45.4 Å². The molecule has 0 unspecified atom stereocenters. The minimum atomic E-state index is 0.198. The van der Waals surface area contributed by atoms with Crippen molar-refractivity contribution >= 4 is 6.03 Å². The highest BCUT2D eigenvalue weighted by atomic mass is 16.2. The second-order valence-electron chi connectivity index (χ2n) is 4.33. The molecule has 2 N–H and O–H groups in total. The molecule has 1 atom stereocenters. The molecule has 0 aromatic carbocycles. The first-order valence-electron chi connectivity index (χ1n) is 5.57. The second-order valence-corrected chi connectivity index (χ2v) is 4.33. The molecule has 2 aliphatic heterocycles. The van der Waals surface area contributed by atoms with E-state index in [1.807, 2.05) is 9.80 Å². The molecule has 2 amide bonds. The zero-order chi connectivity index (χ0) is 9.97. The van der Waals surface area contributed by atoms with Crippen molar-refractivity contribution in [3.8, 4) is 0 Å². The Morgan fingerprint density at radius 2 is 1.79 bits per heavy atom. The van der Waals surface area contributed by atoms with E-state index in [9.17, 15) is 4.79 Å². The Morgan fingerprint density at radius 1 is 1.07 bits per heavy atom. The van der Waals surface area contributed by atoms with Crippen molar-refractivity contribution in [1.82, 2.24) is 9.80 Å². The van der Waals surface area contributed by atoms with Crippen LogP contribution in [0.3, 0.4) is 0 Å². The number of hydrogen-bond donors (Lipinski definition) is 1.